The Morgan fingerprint density at radius 2 is 1.50 bits per heavy atom. The lowest BCUT2D eigenvalue weighted by molar-refractivity contribution is -0.138. The van der Waals surface area contributed by atoms with E-state index in [0.29, 0.717) is 81.8 Å². The molecule has 68 heavy (non-hydrogen) atoms. The molecule has 1 heterocycles. The number of amides is 7. The summed E-state index contributed by atoms with van der Waals surface area (Å²) < 4.78 is 10.8. The number of hydrogen-bond acceptors (Lipinski definition) is 11. The quantitative estimate of drug-likeness (QED) is 0.0356. The largest absolute Gasteiger partial charge is 0.481 e. The van der Waals surface area contributed by atoms with Gasteiger partial charge in [0.25, 0.3) is 0 Å². The van der Waals surface area contributed by atoms with Crippen molar-refractivity contribution in [2.24, 2.45) is 5.73 Å². The minimum Gasteiger partial charge on any atom is -0.481 e. The molecule has 0 saturated heterocycles. The molecule has 0 spiro atoms. The van der Waals surface area contributed by atoms with Crippen molar-refractivity contribution in [2.45, 2.75) is 102 Å². The summed E-state index contributed by atoms with van der Waals surface area (Å²) in [5, 5.41) is 29.2. The molecule has 10 N–H and O–H groups in total. The lowest BCUT2D eigenvalue weighted by Crippen LogP contribution is -2.63. The molecule has 19 heteroatoms. The molecule has 2 atom stereocenters. The molecule has 1 aromatic heterocycles. The number of carbonyl (C=O) groups is 7. The van der Waals surface area contributed by atoms with E-state index >= 15 is 0 Å². The van der Waals surface area contributed by atoms with Gasteiger partial charge in [-0.3, -0.25) is 33.8 Å². The van der Waals surface area contributed by atoms with Crippen molar-refractivity contribution < 1.29 is 48.1 Å². The molecule has 7 amide bonds. The molecule has 19 nitrogen and oxygen atoms in total. The third kappa shape index (κ3) is 20.0. The zero-order valence-electron chi connectivity index (χ0n) is 38.8. The molecule has 1 fully saturated rings. The maximum absolute atomic E-state index is 14.2. The summed E-state index contributed by atoms with van der Waals surface area (Å²) in [5.74, 6) is -3.60. The highest BCUT2D eigenvalue weighted by atomic mass is 16.5. The van der Waals surface area contributed by atoms with Crippen LogP contribution in [0.3, 0.4) is 0 Å². The molecule has 0 aliphatic heterocycles. The number of nitrogens with two attached hydrogens (primary N) is 1. The molecule has 0 bridgehead atoms. The minimum absolute atomic E-state index is 0.0452. The van der Waals surface area contributed by atoms with E-state index in [4.69, 9.17) is 15.2 Å². The van der Waals surface area contributed by atoms with Crippen LogP contribution in [-0.2, 0) is 44.7 Å². The number of anilines is 2. The van der Waals surface area contributed by atoms with Crippen molar-refractivity contribution in [3.63, 3.8) is 0 Å². The number of para-hydroxylation sites is 1. The Bertz CT molecular complexity index is 2110. The van der Waals surface area contributed by atoms with Gasteiger partial charge in [0.2, 0.25) is 29.5 Å². The molecule has 0 unspecified atom stereocenters. The molecule has 368 valence electrons. The Morgan fingerprint density at radius 1 is 0.779 bits per heavy atom. The minimum atomic E-state index is -1.27. The number of ether oxygens (including phenoxy) is 2. The number of rotatable bonds is 29. The molecule has 1 saturated carbocycles. The Labute approximate surface area is 397 Å². The van der Waals surface area contributed by atoms with Crippen LogP contribution >= 0.6 is 0 Å². The van der Waals surface area contributed by atoms with Crippen LogP contribution in [0.25, 0.3) is 6.08 Å². The third-order valence-electron chi connectivity index (χ3n) is 11.1. The molecule has 1 aliphatic carbocycles. The van der Waals surface area contributed by atoms with Gasteiger partial charge in [-0.05, 0) is 98.9 Å². The van der Waals surface area contributed by atoms with Crippen LogP contribution in [0.1, 0.15) is 87.3 Å². The predicted molar refractivity (Wildman–Crippen MR) is 257 cm³/mol. The highest BCUT2D eigenvalue weighted by Gasteiger charge is 2.42. The topological polar surface area (TPSA) is 281 Å². The molecule has 1 aliphatic rings. The highest BCUT2D eigenvalue weighted by Crippen LogP contribution is 2.29. The second-order valence-corrected chi connectivity index (χ2v) is 16.5. The van der Waals surface area contributed by atoms with Gasteiger partial charge < -0.3 is 57.5 Å². The van der Waals surface area contributed by atoms with E-state index in [9.17, 15) is 38.7 Å². The SMILES string of the molecule is Cc1ccccc1NC(=O)Nc1ccc(CC(=O)N[C@@H](CCCCNC(=O)/C=C/c2cccnc2)C(=O)N[C@@H](CCCC(=O)O)C(=O)NC2(C(=O)NCCOCCOCCN)CCCCC2)cc1. The van der Waals surface area contributed by atoms with Crippen molar-refractivity contribution in [2.75, 3.05) is 56.7 Å². The third-order valence-corrected chi connectivity index (χ3v) is 11.1. The molecule has 4 rings (SSSR count). The van der Waals surface area contributed by atoms with E-state index < -0.39 is 47.3 Å². The van der Waals surface area contributed by atoms with Crippen LogP contribution in [-0.4, -0.2) is 115 Å². The number of unbranched alkanes of at least 4 members (excludes halogenated alkanes) is 1. The smallest absolute Gasteiger partial charge is 0.323 e. The Kier molecular flexibility index (Phi) is 23.7. The predicted octanol–water partition coefficient (Wildman–Crippen LogP) is 3.73. The van der Waals surface area contributed by atoms with Gasteiger partial charge in [-0.1, -0.05) is 55.7 Å². The van der Waals surface area contributed by atoms with Gasteiger partial charge in [0.15, 0.2) is 0 Å². The van der Waals surface area contributed by atoms with Gasteiger partial charge >= 0.3 is 12.0 Å². The summed E-state index contributed by atoms with van der Waals surface area (Å²) in [6, 6.07) is 14.8. The highest BCUT2D eigenvalue weighted by molar-refractivity contribution is 6.00. The number of hydrogen-bond donors (Lipinski definition) is 9. The zero-order chi connectivity index (χ0) is 49.0. The van der Waals surface area contributed by atoms with Crippen LogP contribution in [0.5, 0.6) is 0 Å². The number of aryl methyl sites for hydroxylation is 1. The monoisotopic (exact) mass is 942 g/mol. The molecular formula is C49H67N9O10. The van der Waals surface area contributed by atoms with Crippen molar-refractivity contribution in [1.82, 2.24) is 31.6 Å². The number of carboxylic acid groups (broad SMARTS) is 1. The fourth-order valence-electron chi connectivity index (χ4n) is 7.49. The number of carboxylic acids is 1. The van der Waals surface area contributed by atoms with Crippen LogP contribution in [0.2, 0.25) is 0 Å². The first-order valence-corrected chi connectivity index (χ1v) is 23.2. The first-order valence-electron chi connectivity index (χ1n) is 23.2. The number of benzene rings is 2. The van der Waals surface area contributed by atoms with Gasteiger partial charge in [-0.25, -0.2) is 4.79 Å². The van der Waals surface area contributed by atoms with Crippen LogP contribution < -0.4 is 43.0 Å². The van der Waals surface area contributed by atoms with E-state index in [2.05, 4.69) is 42.2 Å². The van der Waals surface area contributed by atoms with Crippen molar-refractivity contribution >= 4 is 59.0 Å². The molecule has 3 aromatic rings. The maximum atomic E-state index is 14.2. The zero-order valence-corrected chi connectivity index (χ0v) is 38.8. The van der Waals surface area contributed by atoms with E-state index in [1.165, 1.54) is 6.08 Å². The van der Waals surface area contributed by atoms with Crippen LogP contribution in [0.15, 0.2) is 79.1 Å². The number of carbonyl (C=O) groups excluding carboxylic acids is 6. The number of nitrogens with one attached hydrogen (secondary N) is 7. The van der Waals surface area contributed by atoms with E-state index in [1.54, 1.807) is 54.9 Å². The second kappa shape index (κ2) is 29.8. The van der Waals surface area contributed by atoms with Crippen molar-refractivity contribution in [3.05, 3.63) is 95.8 Å². The Balaban J connectivity index is 1.42. The van der Waals surface area contributed by atoms with E-state index in [0.717, 1.165) is 17.5 Å². The number of aliphatic carboxylic acids is 1. The summed E-state index contributed by atoms with van der Waals surface area (Å²) in [6.07, 6.45) is 9.81. The fraction of sp³-hybridized carbons (Fsp3) is 0.469. The molecular weight excluding hydrogens is 875 g/mol. The summed E-state index contributed by atoms with van der Waals surface area (Å²) in [4.78, 5) is 96.3. The Hall–Kier alpha value is -6.70. The van der Waals surface area contributed by atoms with Gasteiger partial charge in [0, 0.05) is 55.9 Å². The standard InChI is InChI=1S/C49H67N9O10/c1-35-11-3-4-13-39(35)57-48(66)54-38-20-17-36(18-21-38)33-43(60)55-40(14-5-8-27-52-42(59)22-19-37-12-10-26-51-34-37)45(63)56-41(15-9-16-44(61)62)46(64)58-49(23-6-2-7-24-49)47(65)53-28-30-68-32-31-67-29-25-50/h3-4,10-13,17-22,26,34,40-41H,2,5-9,14-16,23-25,27-33,50H2,1H3,(H,52,59)(H,53,65)(H,55,60)(H,56,63)(H,58,64)(H,61,62)(H2,54,57,66)/b22-19+/t40-,41-/m0/s1. The molecule has 0 radical (unpaired) electrons. The maximum Gasteiger partial charge on any atom is 0.323 e. The van der Waals surface area contributed by atoms with Gasteiger partial charge in [0.1, 0.15) is 17.6 Å². The van der Waals surface area contributed by atoms with E-state index in [1.807, 2.05) is 31.2 Å². The number of nitrogens with zero attached hydrogens (tertiary/aromatic N) is 1. The number of aromatic nitrogens is 1. The molecule has 2 aromatic carbocycles. The normalized spacial score (nSPS) is 13.9. The second-order valence-electron chi connectivity index (χ2n) is 16.5. The average molecular weight is 942 g/mol. The van der Waals surface area contributed by atoms with Gasteiger partial charge in [-0.15, -0.1) is 0 Å². The summed E-state index contributed by atoms with van der Waals surface area (Å²) in [7, 11) is 0. The lowest BCUT2D eigenvalue weighted by atomic mass is 9.80. The summed E-state index contributed by atoms with van der Waals surface area (Å²) >= 11 is 0. The fourth-order valence-corrected chi connectivity index (χ4v) is 7.49. The lowest BCUT2D eigenvalue weighted by Gasteiger charge is -2.38. The summed E-state index contributed by atoms with van der Waals surface area (Å²) in [6.45, 7) is 4.06. The number of urea groups is 1. The van der Waals surface area contributed by atoms with Crippen LogP contribution in [0, 0.1) is 6.92 Å². The first-order chi connectivity index (χ1) is 32.9. The Morgan fingerprint density at radius 3 is 2.21 bits per heavy atom. The van der Waals surface area contributed by atoms with Gasteiger partial charge in [-0.2, -0.15) is 0 Å². The van der Waals surface area contributed by atoms with Crippen LogP contribution in [0.4, 0.5) is 16.2 Å². The van der Waals surface area contributed by atoms with Crippen molar-refractivity contribution in [3.8, 4) is 0 Å². The van der Waals surface area contributed by atoms with E-state index in [-0.39, 0.29) is 63.6 Å². The number of pyridine rings is 1. The first kappa shape index (κ1) is 53.9. The van der Waals surface area contributed by atoms with Crippen molar-refractivity contribution in [1.29, 1.82) is 0 Å². The average Bonchev–Trinajstić information content (AvgIpc) is 3.32. The summed E-state index contributed by atoms with van der Waals surface area (Å²) in [5.41, 5.74) is 7.58. The van der Waals surface area contributed by atoms with Gasteiger partial charge in [0.05, 0.1) is 32.8 Å².